The van der Waals surface area contributed by atoms with Crippen molar-refractivity contribution < 1.29 is 4.39 Å². The number of H-pyrrole nitrogens is 1. The van der Waals surface area contributed by atoms with Crippen LogP contribution in [0.4, 0.5) is 4.39 Å². The van der Waals surface area contributed by atoms with Crippen molar-refractivity contribution in [2.24, 2.45) is 0 Å². The summed E-state index contributed by atoms with van der Waals surface area (Å²) in [4.78, 5) is 16.9. The van der Waals surface area contributed by atoms with Crippen LogP contribution in [0.25, 0.3) is 11.3 Å². The molecule has 0 amide bonds. The first-order valence-corrected chi connectivity index (χ1v) is 4.08. The van der Waals surface area contributed by atoms with E-state index < -0.39 is 5.69 Å². The molecule has 70 valence electrons. The van der Waals surface area contributed by atoms with E-state index in [1.807, 2.05) is 0 Å². The van der Waals surface area contributed by atoms with Gasteiger partial charge in [-0.2, -0.15) is 4.98 Å². The van der Waals surface area contributed by atoms with E-state index in [-0.39, 0.29) is 5.82 Å². The Morgan fingerprint density at radius 2 is 2.00 bits per heavy atom. The van der Waals surface area contributed by atoms with Crippen molar-refractivity contribution in [3.63, 3.8) is 0 Å². The second kappa shape index (κ2) is 3.41. The first kappa shape index (κ1) is 8.62. The van der Waals surface area contributed by atoms with Crippen molar-refractivity contribution in [2.75, 3.05) is 0 Å². The number of halogens is 1. The van der Waals surface area contributed by atoms with Gasteiger partial charge in [0.2, 0.25) is 0 Å². The summed E-state index contributed by atoms with van der Waals surface area (Å²) in [6.45, 7) is 0. The maximum absolute atomic E-state index is 13.3. The quantitative estimate of drug-likeness (QED) is 0.741. The summed E-state index contributed by atoms with van der Waals surface area (Å²) in [7, 11) is 0. The fraction of sp³-hybridized carbons (Fsp3) is 0. The molecule has 1 N–H and O–H groups in total. The van der Waals surface area contributed by atoms with Gasteiger partial charge in [-0.3, -0.25) is 0 Å². The molecule has 0 aliphatic carbocycles. The molecule has 4 heteroatoms. The van der Waals surface area contributed by atoms with Crippen LogP contribution in [0.2, 0.25) is 0 Å². The van der Waals surface area contributed by atoms with Crippen LogP contribution in [0.15, 0.2) is 41.3 Å². The van der Waals surface area contributed by atoms with E-state index >= 15 is 0 Å². The van der Waals surface area contributed by atoms with Gasteiger partial charge in [-0.1, -0.05) is 12.1 Å². The molecule has 0 unspecified atom stereocenters. The average Bonchev–Trinajstić information content (AvgIpc) is 2.18. The normalized spacial score (nSPS) is 10.1. The van der Waals surface area contributed by atoms with Crippen molar-refractivity contribution in [3.05, 3.63) is 52.8 Å². The number of benzene rings is 1. The fourth-order valence-electron chi connectivity index (χ4n) is 1.19. The summed E-state index contributed by atoms with van der Waals surface area (Å²) in [5.41, 5.74) is 0.191. The van der Waals surface area contributed by atoms with Gasteiger partial charge in [0.1, 0.15) is 5.82 Å². The summed E-state index contributed by atoms with van der Waals surface area (Å²) < 4.78 is 13.3. The van der Waals surface area contributed by atoms with E-state index in [1.165, 1.54) is 12.3 Å². The second-order valence-corrected chi connectivity index (χ2v) is 2.76. The number of hydrogen-bond donors (Lipinski definition) is 1. The Morgan fingerprint density at radius 3 is 2.71 bits per heavy atom. The standard InChI is InChI=1S/C10H7FN2O/c11-8-4-2-1-3-7(8)9-5-6-12-10(14)13-9/h1-6H,(H,12,13,14). The molecule has 0 aliphatic heterocycles. The van der Waals surface area contributed by atoms with Gasteiger partial charge in [-0.05, 0) is 18.2 Å². The van der Waals surface area contributed by atoms with Crippen LogP contribution in [-0.2, 0) is 0 Å². The topological polar surface area (TPSA) is 45.8 Å². The van der Waals surface area contributed by atoms with Gasteiger partial charge in [0.25, 0.3) is 0 Å². The highest BCUT2D eigenvalue weighted by Crippen LogP contribution is 2.18. The molecule has 0 radical (unpaired) electrons. The van der Waals surface area contributed by atoms with Gasteiger partial charge < -0.3 is 4.98 Å². The Kier molecular flexibility index (Phi) is 2.10. The highest BCUT2D eigenvalue weighted by molar-refractivity contribution is 5.58. The van der Waals surface area contributed by atoms with E-state index in [4.69, 9.17) is 0 Å². The van der Waals surface area contributed by atoms with Crippen LogP contribution in [0, 0.1) is 5.82 Å². The minimum atomic E-state index is -0.481. The van der Waals surface area contributed by atoms with Gasteiger partial charge >= 0.3 is 5.69 Å². The zero-order valence-corrected chi connectivity index (χ0v) is 7.20. The Balaban J connectivity index is 2.61. The van der Waals surface area contributed by atoms with Crippen molar-refractivity contribution >= 4 is 0 Å². The molecule has 0 saturated heterocycles. The lowest BCUT2D eigenvalue weighted by Crippen LogP contribution is -2.09. The monoisotopic (exact) mass is 190 g/mol. The molecule has 2 aromatic rings. The van der Waals surface area contributed by atoms with Crippen molar-refractivity contribution in [2.45, 2.75) is 0 Å². The summed E-state index contributed by atoms with van der Waals surface area (Å²) in [5.74, 6) is -0.384. The number of rotatable bonds is 1. The number of nitrogens with zero attached hydrogens (tertiary/aromatic N) is 1. The van der Waals surface area contributed by atoms with Gasteiger partial charge in [0, 0.05) is 11.8 Å². The molecule has 0 spiro atoms. The molecule has 3 nitrogen and oxygen atoms in total. The molecule has 14 heavy (non-hydrogen) atoms. The first-order valence-electron chi connectivity index (χ1n) is 4.08. The zero-order chi connectivity index (χ0) is 9.97. The van der Waals surface area contributed by atoms with Gasteiger partial charge in [0.05, 0.1) is 5.69 Å². The van der Waals surface area contributed by atoms with Crippen LogP contribution in [-0.4, -0.2) is 9.97 Å². The number of nitrogens with one attached hydrogen (secondary N) is 1. The van der Waals surface area contributed by atoms with Crippen LogP contribution in [0.3, 0.4) is 0 Å². The Labute approximate surface area is 79.3 Å². The lowest BCUT2D eigenvalue weighted by atomic mass is 10.1. The maximum atomic E-state index is 13.3. The van der Waals surface area contributed by atoms with Crippen LogP contribution in [0.5, 0.6) is 0 Å². The predicted molar refractivity (Wildman–Crippen MR) is 50.3 cm³/mol. The summed E-state index contributed by atoms with van der Waals surface area (Å²) in [6.07, 6.45) is 1.44. The number of hydrogen-bond acceptors (Lipinski definition) is 2. The second-order valence-electron chi connectivity index (χ2n) is 2.76. The van der Waals surface area contributed by atoms with Gasteiger partial charge in [-0.15, -0.1) is 0 Å². The minimum absolute atomic E-state index is 0.332. The third-order valence-electron chi connectivity index (χ3n) is 1.82. The van der Waals surface area contributed by atoms with Gasteiger partial charge in [-0.25, -0.2) is 9.18 Å². The van der Waals surface area contributed by atoms with Crippen LogP contribution in [0.1, 0.15) is 0 Å². The fourth-order valence-corrected chi connectivity index (χ4v) is 1.19. The van der Waals surface area contributed by atoms with E-state index in [9.17, 15) is 9.18 Å². The average molecular weight is 190 g/mol. The minimum Gasteiger partial charge on any atom is -0.313 e. The third kappa shape index (κ3) is 1.54. The molecule has 1 heterocycles. The van der Waals surface area contributed by atoms with E-state index in [1.54, 1.807) is 24.3 Å². The lowest BCUT2D eigenvalue weighted by Gasteiger charge is -1.99. The summed E-state index contributed by atoms with van der Waals surface area (Å²) >= 11 is 0. The summed E-state index contributed by atoms with van der Waals surface area (Å²) in [6, 6.07) is 7.75. The van der Waals surface area contributed by atoms with E-state index in [0.717, 1.165) is 0 Å². The highest BCUT2D eigenvalue weighted by Gasteiger charge is 2.04. The van der Waals surface area contributed by atoms with E-state index in [0.29, 0.717) is 11.3 Å². The zero-order valence-electron chi connectivity index (χ0n) is 7.20. The van der Waals surface area contributed by atoms with E-state index in [2.05, 4.69) is 9.97 Å². The third-order valence-corrected chi connectivity index (χ3v) is 1.82. The predicted octanol–water partition coefficient (Wildman–Crippen LogP) is 1.58. The highest BCUT2D eigenvalue weighted by atomic mass is 19.1. The number of aromatic amines is 1. The molecule has 1 aromatic heterocycles. The molecule has 0 bridgehead atoms. The van der Waals surface area contributed by atoms with Gasteiger partial charge in [0.15, 0.2) is 0 Å². The van der Waals surface area contributed by atoms with Crippen molar-refractivity contribution in [3.8, 4) is 11.3 Å². The molecular weight excluding hydrogens is 183 g/mol. The molecular formula is C10H7FN2O. The largest absolute Gasteiger partial charge is 0.345 e. The SMILES string of the molecule is O=c1nc(-c2ccccc2F)cc[nH]1. The molecule has 0 atom stereocenters. The van der Waals surface area contributed by atoms with Crippen molar-refractivity contribution in [1.82, 2.24) is 9.97 Å². The number of aromatic nitrogens is 2. The van der Waals surface area contributed by atoms with Crippen molar-refractivity contribution in [1.29, 1.82) is 0 Å². The Bertz CT molecular complexity index is 507. The first-order chi connectivity index (χ1) is 6.77. The Hall–Kier alpha value is -1.97. The lowest BCUT2D eigenvalue weighted by molar-refractivity contribution is 0.630. The molecule has 2 rings (SSSR count). The molecule has 0 aliphatic rings. The Morgan fingerprint density at radius 1 is 1.21 bits per heavy atom. The molecule has 0 fully saturated rings. The molecule has 1 aromatic carbocycles. The molecule has 0 saturated carbocycles. The smallest absolute Gasteiger partial charge is 0.313 e. The summed E-state index contributed by atoms with van der Waals surface area (Å²) in [5, 5.41) is 0. The maximum Gasteiger partial charge on any atom is 0.345 e. The van der Waals surface area contributed by atoms with Crippen LogP contribution >= 0.6 is 0 Å². The van der Waals surface area contributed by atoms with Crippen LogP contribution < -0.4 is 5.69 Å².